The van der Waals surface area contributed by atoms with E-state index in [9.17, 15) is 9.90 Å². The molecule has 1 amide bonds. The highest BCUT2D eigenvalue weighted by molar-refractivity contribution is 6.08. The Morgan fingerprint density at radius 2 is 1.90 bits per heavy atom. The third kappa shape index (κ3) is 2.75. The Labute approximate surface area is 122 Å². The molecule has 0 aliphatic carbocycles. The molecular formula is C17H14N2O2. The second-order valence-corrected chi connectivity index (χ2v) is 4.69. The molecule has 3 rings (SSSR count). The number of rotatable bonds is 3. The van der Waals surface area contributed by atoms with Gasteiger partial charge in [-0.2, -0.15) is 0 Å². The minimum Gasteiger partial charge on any atom is -0.392 e. The maximum Gasteiger partial charge on any atom is 0.256 e. The molecule has 0 fully saturated rings. The molecule has 0 aliphatic rings. The van der Waals surface area contributed by atoms with E-state index in [-0.39, 0.29) is 12.5 Å². The molecular weight excluding hydrogens is 264 g/mol. The van der Waals surface area contributed by atoms with Crippen molar-refractivity contribution in [2.75, 3.05) is 5.32 Å². The Morgan fingerprint density at radius 1 is 1.10 bits per heavy atom. The number of benzene rings is 2. The molecule has 0 bridgehead atoms. The minimum atomic E-state index is -0.204. The van der Waals surface area contributed by atoms with Gasteiger partial charge in [-0.25, -0.2) is 4.98 Å². The zero-order chi connectivity index (χ0) is 14.7. The van der Waals surface area contributed by atoms with Crippen LogP contribution in [-0.4, -0.2) is 16.0 Å². The van der Waals surface area contributed by atoms with Crippen molar-refractivity contribution in [3.63, 3.8) is 0 Å². The zero-order valence-electron chi connectivity index (χ0n) is 11.3. The molecule has 0 saturated heterocycles. The standard InChI is InChI=1S/C17H14N2O2/c20-11-12-6-7-13-8-9-18-16(15(13)10-12)19-17(21)14-4-2-1-3-5-14/h1-10,20H,11H2,(H,18,19,21). The number of hydrogen-bond donors (Lipinski definition) is 2. The fourth-order valence-corrected chi connectivity index (χ4v) is 2.18. The minimum absolute atomic E-state index is 0.0447. The van der Waals surface area contributed by atoms with Crippen LogP contribution in [0, 0.1) is 0 Å². The summed E-state index contributed by atoms with van der Waals surface area (Å²) in [5, 5.41) is 13.8. The molecule has 21 heavy (non-hydrogen) atoms. The van der Waals surface area contributed by atoms with Gasteiger partial charge in [-0.15, -0.1) is 0 Å². The highest BCUT2D eigenvalue weighted by atomic mass is 16.3. The van der Waals surface area contributed by atoms with E-state index in [0.717, 1.165) is 16.3 Å². The molecule has 2 aromatic carbocycles. The molecule has 1 heterocycles. The van der Waals surface area contributed by atoms with Gasteiger partial charge in [0, 0.05) is 17.1 Å². The van der Waals surface area contributed by atoms with Crippen LogP contribution in [0.5, 0.6) is 0 Å². The van der Waals surface area contributed by atoms with Crippen LogP contribution in [0.1, 0.15) is 15.9 Å². The summed E-state index contributed by atoms with van der Waals surface area (Å²) in [7, 11) is 0. The summed E-state index contributed by atoms with van der Waals surface area (Å²) in [5.41, 5.74) is 1.36. The molecule has 0 aliphatic heterocycles. The van der Waals surface area contributed by atoms with E-state index >= 15 is 0 Å². The third-order valence-electron chi connectivity index (χ3n) is 3.28. The molecule has 0 unspecified atom stereocenters. The van der Waals surface area contributed by atoms with Crippen molar-refractivity contribution in [2.45, 2.75) is 6.61 Å². The van der Waals surface area contributed by atoms with Gasteiger partial charge in [0.15, 0.2) is 0 Å². The Balaban J connectivity index is 1.98. The van der Waals surface area contributed by atoms with Crippen LogP contribution in [-0.2, 0) is 6.61 Å². The predicted molar refractivity (Wildman–Crippen MR) is 82.1 cm³/mol. The first-order chi connectivity index (χ1) is 10.3. The first-order valence-electron chi connectivity index (χ1n) is 6.63. The number of carbonyl (C=O) groups excluding carboxylic acids is 1. The Kier molecular flexibility index (Phi) is 3.62. The van der Waals surface area contributed by atoms with Crippen LogP contribution >= 0.6 is 0 Å². The molecule has 4 heteroatoms. The maximum atomic E-state index is 12.2. The lowest BCUT2D eigenvalue weighted by Gasteiger charge is -2.08. The second kappa shape index (κ2) is 5.73. The topological polar surface area (TPSA) is 62.2 Å². The summed E-state index contributed by atoms with van der Waals surface area (Å²) in [4.78, 5) is 16.4. The van der Waals surface area contributed by atoms with Crippen LogP contribution in [0.3, 0.4) is 0 Å². The number of carbonyl (C=O) groups is 1. The zero-order valence-corrected chi connectivity index (χ0v) is 11.3. The largest absolute Gasteiger partial charge is 0.392 e. The molecule has 0 spiro atoms. The number of aliphatic hydroxyl groups is 1. The summed E-state index contributed by atoms with van der Waals surface area (Å²) in [6.45, 7) is -0.0447. The molecule has 104 valence electrons. The van der Waals surface area contributed by atoms with Gasteiger partial charge in [0.1, 0.15) is 5.82 Å². The fourth-order valence-electron chi connectivity index (χ4n) is 2.18. The molecule has 2 N–H and O–H groups in total. The van der Waals surface area contributed by atoms with E-state index in [1.54, 1.807) is 18.3 Å². The Morgan fingerprint density at radius 3 is 2.67 bits per heavy atom. The van der Waals surface area contributed by atoms with Crippen molar-refractivity contribution in [3.8, 4) is 0 Å². The van der Waals surface area contributed by atoms with Gasteiger partial charge < -0.3 is 10.4 Å². The van der Waals surface area contributed by atoms with Crippen molar-refractivity contribution in [1.29, 1.82) is 0 Å². The van der Waals surface area contributed by atoms with Crippen LogP contribution in [0.25, 0.3) is 10.8 Å². The second-order valence-electron chi connectivity index (χ2n) is 4.69. The first kappa shape index (κ1) is 13.3. The van der Waals surface area contributed by atoms with E-state index in [4.69, 9.17) is 0 Å². The van der Waals surface area contributed by atoms with Crippen molar-refractivity contribution < 1.29 is 9.90 Å². The van der Waals surface area contributed by atoms with Gasteiger partial charge in [-0.1, -0.05) is 30.3 Å². The third-order valence-corrected chi connectivity index (χ3v) is 3.28. The maximum absolute atomic E-state index is 12.2. The number of anilines is 1. The van der Waals surface area contributed by atoms with Gasteiger partial charge in [0.25, 0.3) is 5.91 Å². The summed E-state index contributed by atoms with van der Waals surface area (Å²) < 4.78 is 0. The van der Waals surface area contributed by atoms with Gasteiger partial charge in [-0.3, -0.25) is 4.79 Å². The number of aliphatic hydroxyl groups excluding tert-OH is 1. The summed E-state index contributed by atoms with van der Waals surface area (Å²) in [6, 6.07) is 16.5. The van der Waals surface area contributed by atoms with Crippen molar-refractivity contribution in [2.24, 2.45) is 0 Å². The van der Waals surface area contributed by atoms with Crippen LogP contribution in [0.4, 0.5) is 5.82 Å². The number of nitrogens with one attached hydrogen (secondary N) is 1. The number of pyridine rings is 1. The van der Waals surface area contributed by atoms with Gasteiger partial charge in [0.2, 0.25) is 0 Å². The van der Waals surface area contributed by atoms with E-state index in [1.165, 1.54) is 0 Å². The van der Waals surface area contributed by atoms with E-state index < -0.39 is 0 Å². The van der Waals surface area contributed by atoms with E-state index in [0.29, 0.717) is 11.4 Å². The lowest BCUT2D eigenvalue weighted by Crippen LogP contribution is -2.13. The average Bonchev–Trinajstić information content (AvgIpc) is 2.55. The highest BCUT2D eigenvalue weighted by Crippen LogP contribution is 2.23. The SMILES string of the molecule is O=C(Nc1nccc2ccc(CO)cc12)c1ccccc1. The monoisotopic (exact) mass is 278 g/mol. The lowest BCUT2D eigenvalue weighted by atomic mass is 10.1. The fraction of sp³-hybridized carbons (Fsp3) is 0.0588. The number of aromatic nitrogens is 1. The molecule has 4 nitrogen and oxygen atoms in total. The number of nitrogens with zero attached hydrogens (tertiary/aromatic N) is 1. The van der Waals surface area contributed by atoms with Crippen molar-refractivity contribution in [1.82, 2.24) is 4.98 Å². The first-order valence-corrected chi connectivity index (χ1v) is 6.63. The van der Waals surface area contributed by atoms with Crippen LogP contribution < -0.4 is 5.32 Å². The van der Waals surface area contributed by atoms with Crippen LogP contribution in [0.2, 0.25) is 0 Å². The van der Waals surface area contributed by atoms with Gasteiger partial charge in [-0.05, 0) is 35.2 Å². The number of fused-ring (bicyclic) bond motifs is 1. The van der Waals surface area contributed by atoms with Gasteiger partial charge in [0.05, 0.1) is 6.61 Å². The molecule has 0 atom stereocenters. The summed E-state index contributed by atoms with van der Waals surface area (Å²) in [6.07, 6.45) is 1.65. The average molecular weight is 278 g/mol. The summed E-state index contributed by atoms with van der Waals surface area (Å²) >= 11 is 0. The highest BCUT2D eigenvalue weighted by Gasteiger charge is 2.09. The molecule has 3 aromatic rings. The van der Waals surface area contributed by atoms with Gasteiger partial charge >= 0.3 is 0 Å². The Bertz CT molecular complexity index is 785. The lowest BCUT2D eigenvalue weighted by molar-refractivity contribution is 0.102. The number of amides is 1. The van der Waals surface area contributed by atoms with Crippen molar-refractivity contribution in [3.05, 3.63) is 71.9 Å². The normalized spacial score (nSPS) is 10.5. The smallest absolute Gasteiger partial charge is 0.256 e. The van der Waals surface area contributed by atoms with Crippen LogP contribution in [0.15, 0.2) is 60.8 Å². The van der Waals surface area contributed by atoms with E-state index in [2.05, 4.69) is 10.3 Å². The van der Waals surface area contributed by atoms with Crippen molar-refractivity contribution >= 4 is 22.5 Å². The van der Waals surface area contributed by atoms with E-state index in [1.807, 2.05) is 42.5 Å². The Hall–Kier alpha value is -2.72. The molecule has 0 saturated carbocycles. The number of hydrogen-bond acceptors (Lipinski definition) is 3. The molecule has 1 aromatic heterocycles. The molecule has 0 radical (unpaired) electrons. The predicted octanol–water partition coefficient (Wildman–Crippen LogP) is 2.98. The quantitative estimate of drug-likeness (QED) is 0.774. The summed E-state index contributed by atoms with van der Waals surface area (Å²) in [5.74, 6) is 0.293.